The predicted octanol–water partition coefficient (Wildman–Crippen LogP) is 1.39. The molecule has 134 valence electrons. The number of carbonyl (C=O) groups excluding carboxylic acids is 2. The van der Waals surface area contributed by atoms with Crippen molar-refractivity contribution in [3.8, 4) is 0 Å². The van der Waals surface area contributed by atoms with E-state index in [4.69, 9.17) is 23.7 Å². The summed E-state index contributed by atoms with van der Waals surface area (Å²) in [4.78, 5) is 25.7. The van der Waals surface area contributed by atoms with Crippen molar-refractivity contribution in [1.29, 1.82) is 0 Å². The van der Waals surface area contributed by atoms with Crippen LogP contribution in [0.15, 0.2) is 0 Å². The second kappa shape index (κ2) is 5.16. The van der Waals surface area contributed by atoms with Gasteiger partial charge < -0.3 is 23.7 Å². The molecule has 4 bridgehead atoms. The van der Waals surface area contributed by atoms with Crippen molar-refractivity contribution in [2.45, 2.75) is 56.7 Å². The van der Waals surface area contributed by atoms with E-state index in [2.05, 4.69) is 0 Å². The van der Waals surface area contributed by atoms with Crippen molar-refractivity contribution in [3.63, 3.8) is 0 Å². The van der Waals surface area contributed by atoms with Gasteiger partial charge in [0.05, 0.1) is 18.4 Å². The van der Waals surface area contributed by atoms with E-state index in [-0.39, 0.29) is 0 Å². The minimum atomic E-state index is -1.09. The van der Waals surface area contributed by atoms with Crippen LogP contribution in [0.25, 0.3) is 0 Å². The summed E-state index contributed by atoms with van der Waals surface area (Å²) in [5.41, 5.74) is -2.88. The average Bonchev–Trinajstić information content (AvgIpc) is 3.25. The fourth-order valence-electron chi connectivity index (χ4n) is 5.93. The maximum Gasteiger partial charge on any atom is 0.316 e. The van der Waals surface area contributed by atoms with E-state index in [1.54, 1.807) is 7.11 Å². The number of methoxy groups -OCH3 is 3. The van der Waals surface area contributed by atoms with Crippen LogP contribution in [-0.4, -0.2) is 51.4 Å². The maximum absolute atomic E-state index is 13.1. The van der Waals surface area contributed by atoms with Crippen LogP contribution in [0.2, 0.25) is 0 Å². The molecule has 0 amide bonds. The highest BCUT2D eigenvalue weighted by atomic mass is 16.8. The molecule has 4 aliphatic rings. The largest absolute Gasteiger partial charge is 0.468 e. The Morgan fingerprint density at radius 3 is 2.46 bits per heavy atom. The van der Waals surface area contributed by atoms with Gasteiger partial charge in [0.2, 0.25) is 6.29 Å². The van der Waals surface area contributed by atoms with E-state index in [0.717, 1.165) is 25.7 Å². The molecule has 0 aromatic carbocycles. The lowest BCUT2D eigenvalue weighted by Gasteiger charge is -2.51. The summed E-state index contributed by atoms with van der Waals surface area (Å²) in [7, 11) is 4.46. The molecule has 2 heterocycles. The highest BCUT2D eigenvalue weighted by Crippen LogP contribution is 2.84. The van der Waals surface area contributed by atoms with Gasteiger partial charge in [0.1, 0.15) is 11.0 Å². The summed E-state index contributed by atoms with van der Waals surface area (Å²) >= 11 is 0. The van der Waals surface area contributed by atoms with Gasteiger partial charge in [-0.1, -0.05) is 25.7 Å². The van der Waals surface area contributed by atoms with Crippen LogP contribution in [0, 0.1) is 16.7 Å². The zero-order valence-corrected chi connectivity index (χ0v) is 14.3. The first-order chi connectivity index (χ1) is 11.6. The Kier molecular flexibility index (Phi) is 3.50. The fraction of sp³-hybridized carbons (Fsp3) is 0.882. The minimum Gasteiger partial charge on any atom is -0.468 e. The molecule has 7 heteroatoms. The molecule has 4 rings (SSSR count). The molecule has 2 aliphatic heterocycles. The molecule has 2 saturated heterocycles. The normalized spacial score (nSPS) is 49.3. The molecule has 24 heavy (non-hydrogen) atoms. The monoisotopic (exact) mass is 340 g/mol. The highest BCUT2D eigenvalue weighted by molar-refractivity contribution is 5.97. The minimum absolute atomic E-state index is 0.404. The highest BCUT2D eigenvalue weighted by Gasteiger charge is 2.99. The Morgan fingerprint density at radius 1 is 1.12 bits per heavy atom. The Labute approximate surface area is 140 Å². The summed E-state index contributed by atoms with van der Waals surface area (Å²) in [6.45, 7) is 0. The van der Waals surface area contributed by atoms with Gasteiger partial charge in [-0.15, -0.1) is 0 Å². The molecule has 7 nitrogen and oxygen atoms in total. The van der Waals surface area contributed by atoms with Crippen LogP contribution in [0.5, 0.6) is 0 Å². The molecular weight excluding hydrogens is 316 g/mol. The van der Waals surface area contributed by atoms with E-state index in [1.807, 2.05) is 0 Å². The van der Waals surface area contributed by atoms with Gasteiger partial charge in [0.25, 0.3) is 0 Å². The van der Waals surface area contributed by atoms with E-state index < -0.39 is 46.9 Å². The second-order valence-electron chi connectivity index (χ2n) is 7.25. The molecular formula is C17H24O7. The number of hydrogen-bond acceptors (Lipinski definition) is 7. The molecule has 0 aromatic heterocycles. The zero-order valence-electron chi connectivity index (χ0n) is 14.3. The maximum atomic E-state index is 13.1. The third-order valence-electron chi connectivity index (χ3n) is 6.75. The predicted molar refractivity (Wildman–Crippen MR) is 79.6 cm³/mol. The molecule has 2 aliphatic carbocycles. The van der Waals surface area contributed by atoms with Crippen molar-refractivity contribution < 1.29 is 33.3 Å². The van der Waals surface area contributed by atoms with Crippen LogP contribution in [0.4, 0.5) is 0 Å². The van der Waals surface area contributed by atoms with Crippen LogP contribution in [-0.2, 0) is 33.3 Å². The zero-order chi connectivity index (χ0) is 17.2. The van der Waals surface area contributed by atoms with Crippen molar-refractivity contribution in [3.05, 3.63) is 0 Å². The molecule has 4 fully saturated rings. The van der Waals surface area contributed by atoms with Gasteiger partial charge in [-0.2, -0.15) is 0 Å². The van der Waals surface area contributed by atoms with Gasteiger partial charge >= 0.3 is 11.9 Å². The van der Waals surface area contributed by atoms with Crippen LogP contribution in [0.1, 0.15) is 38.5 Å². The van der Waals surface area contributed by atoms with E-state index >= 15 is 0 Å². The number of carbonyl (C=O) groups is 2. The first-order valence-electron chi connectivity index (χ1n) is 8.59. The summed E-state index contributed by atoms with van der Waals surface area (Å²) in [5.74, 6) is -1.46. The van der Waals surface area contributed by atoms with Gasteiger partial charge in [-0.3, -0.25) is 9.59 Å². The first-order valence-corrected chi connectivity index (χ1v) is 8.59. The lowest BCUT2D eigenvalue weighted by atomic mass is 9.70. The molecule has 0 spiro atoms. The molecule has 0 N–H and O–H groups in total. The van der Waals surface area contributed by atoms with Crippen molar-refractivity contribution >= 4 is 11.9 Å². The second-order valence-corrected chi connectivity index (χ2v) is 7.25. The smallest absolute Gasteiger partial charge is 0.316 e. The number of ether oxygens (including phenoxy) is 5. The lowest BCUT2D eigenvalue weighted by Crippen LogP contribution is -2.66. The molecule has 2 saturated carbocycles. The Hall–Kier alpha value is -1.18. The molecule has 0 aromatic rings. The third-order valence-corrected chi connectivity index (χ3v) is 6.75. The van der Waals surface area contributed by atoms with E-state index in [1.165, 1.54) is 14.2 Å². The Morgan fingerprint density at radius 2 is 1.83 bits per heavy atom. The van der Waals surface area contributed by atoms with Crippen molar-refractivity contribution in [2.75, 3.05) is 21.3 Å². The van der Waals surface area contributed by atoms with Crippen LogP contribution < -0.4 is 0 Å². The van der Waals surface area contributed by atoms with Crippen LogP contribution >= 0.6 is 0 Å². The van der Waals surface area contributed by atoms with Crippen molar-refractivity contribution in [1.82, 2.24) is 0 Å². The summed E-state index contributed by atoms with van der Waals surface area (Å²) in [5, 5.41) is 0. The Balaban J connectivity index is 1.97. The fourth-order valence-corrected chi connectivity index (χ4v) is 5.93. The van der Waals surface area contributed by atoms with E-state index in [0.29, 0.717) is 12.8 Å². The average molecular weight is 340 g/mol. The summed E-state index contributed by atoms with van der Waals surface area (Å²) in [6.07, 6.45) is 3.47. The van der Waals surface area contributed by atoms with Crippen LogP contribution in [0.3, 0.4) is 0 Å². The van der Waals surface area contributed by atoms with Gasteiger partial charge in [-0.25, -0.2) is 0 Å². The third kappa shape index (κ3) is 1.46. The van der Waals surface area contributed by atoms with Gasteiger partial charge in [-0.05, 0) is 12.8 Å². The van der Waals surface area contributed by atoms with Gasteiger partial charge in [0, 0.05) is 14.2 Å². The number of esters is 2. The Bertz CT molecular complexity index is 577. The van der Waals surface area contributed by atoms with E-state index in [9.17, 15) is 9.59 Å². The van der Waals surface area contributed by atoms with Crippen molar-refractivity contribution in [2.24, 2.45) is 16.7 Å². The number of rotatable bonds is 3. The summed E-state index contributed by atoms with van der Waals surface area (Å²) in [6, 6.07) is 0. The topological polar surface area (TPSA) is 80.3 Å². The number of hydrogen-bond donors (Lipinski definition) is 0. The van der Waals surface area contributed by atoms with Gasteiger partial charge in [0.15, 0.2) is 6.29 Å². The molecule has 0 unspecified atom stereocenters. The SMILES string of the molecule is COC(=O)[C@]12[C@H]3C(=O)O[C@@H]4O[C@H](OC)[C@]31CCCCCC[C@@]42OC. The standard InChI is InChI=1S/C17H24O7/c1-20-12(19)17-10-11(18)23-14-16(17,22-3)9-7-5-4-6-8-15(10,17)13(21-2)24-14/h10,13-14H,4-9H2,1-3H3/t10-,13-,14+,15-,16+,17+/m0/s1. The molecule has 0 radical (unpaired) electrons. The lowest BCUT2D eigenvalue weighted by molar-refractivity contribution is -0.354. The molecule has 6 atom stereocenters. The first kappa shape index (κ1) is 16.3. The quantitative estimate of drug-likeness (QED) is 0.718. The summed E-state index contributed by atoms with van der Waals surface area (Å²) < 4.78 is 28.3.